The standard InChI is InChI=1S/C20H31N5O/c1-3-19-21-14-18(15-22-19)25-10-8-24(9-11-25)17-12-20(13-17)4-6-23(7-5-20)16(2)26/h14-15,17H,3-13H2,1-2H3. The SMILES string of the molecule is CCc1ncc(N2CCN(C3CC4(CCN(C(C)=O)CC4)C3)CC2)cn1. The van der Waals surface area contributed by atoms with Crippen molar-refractivity contribution in [1.82, 2.24) is 19.8 Å². The molecule has 26 heavy (non-hydrogen) atoms. The fourth-order valence-corrected chi connectivity index (χ4v) is 4.94. The second-order valence-electron chi connectivity index (χ2n) is 8.30. The summed E-state index contributed by atoms with van der Waals surface area (Å²) in [6.45, 7) is 10.1. The van der Waals surface area contributed by atoms with Crippen molar-refractivity contribution < 1.29 is 4.79 Å². The van der Waals surface area contributed by atoms with Crippen LogP contribution >= 0.6 is 0 Å². The minimum Gasteiger partial charge on any atom is -0.366 e. The minimum absolute atomic E-state index is 0.239. The van der Waals surface area contributed by atoms with Gasteiger partial charge in [0.2, 0.25) is 5.91 Å². The molecule has 0 N–H and O–H groups in total. The van der Waals surface area contributed by atoms with E-state index in [0.717, 1.165) is 63.2 Å². The van der Waals surface area contributed by atoms with Crippen LogP contribution in [-0.2, 0) is 11.2 Å². The molecule has 2 aliphatic heterocycles. The van der Waals surface area contributed by atoms with Crippen LogP contribution in [0.15, 0.2) is 12.4 Å². The van der Waals surface area contributed by atoms with Gasteiger partial charge in [0.15, 0.2) is 0 Å². The van der Waals surface area contributed by atoms with Gasteiger partial charge in [0.05, 0.1) is 18.1 Å². The minimum atomic E-state index is 0.239. The maximum Gasteiger partial charge on any atom is 0.219 e. The molecular formula is C20H31N5O. The van der Waals surface area contributed by atoms with Crippen LogP contribution in [0.2, 0.25) is 0 Å². The Hall–Kier alpha value is -1.69. The van der Waals surface area contributed by atoms with Crippen molar-refractivity contribution >= 4 is 11.6 Å². The predicted octanol–water partition coefficient (Wildman–Crippen LogP) is 1.95. The number of amides is 1. The van der Waals surface area contributed by atoms with Gasteiger partial charge < -0.3 is 9.80 Å². The number of piperidine rings is 1. The zero-order chi connectivity index (χ0) is 18.1. The average Bonchev–Trinajstić information content (AvgIpc) is 2.66. The van der Waals surface area contributed by atoms with Crippen molar-refractivity contribution in [3.05, 3.63) is 18.2 Å². The first kappa shape index (κ1) is 17.7. The van der Waals surface area contributed by atoms with Gasteiger partial charge in [-0.05, 0) is 31.1 Å². The summed E-state index contributed by atoms with van der Waals surface area (Å²) < 4.78 is 0. The Kier molecular flexibility index (Phi) is 4.86. The van der Waals surface area contributed by atoms with E-state index in [-0.39, 0.29) is 5.91 Å². The number of piperazine rings is 1. The first-order chi connectivity index (χ1) is 12.6. The third-order valence-corrected chi connectivity index (χ3v) is 6.81. The van der Waals surface area contributed by atoms with Crippen LogP contribution in [-0.4, -0.2) is 71.0 Å². The van der Waals surface area contributed by atoms with E-state index in [2.05, 4.69) is 26.7 Å². The lowest BCUT2D eigenvalue weighted by molar-refractivity contribution is -0.133. The third kappa shape index (κ3) is 3.43. The molecule has 1 aromatic rings. The molecule has 4 rings (SSSR count). The van der Waals surface area contributed by atoms with E-state index in [1.165, 1.54) is 25.7 Å². The van der Waals surface area contributed by atoms with Crippen LogP contribution in [0.5, 0.6) is 0 Å². The summed E-state index contributed by atoms with van der Waals surface area (Å²) in [5, 5.41) is 0. The molecule has 3 heterocycles. The molecule has 1 saturated carbocycles. The molecular weight excluding hydrogens is 326 g/mol. The lowest BCUT2D eigenvalue weighted by atomic mass is 9.60. The Bertz CT molecular complexity index is 622. The van der Waals surface area contributed by atoms with Crippen LogP contribution in [0.1, 0.15) is 45.4 Å². The number of carbonyl (C=O) groups is 1. The highest BCUT2D eigenvalue weighted by Gasteiger charge is 2.48. The van der Waals surface area contributed by atoms with E-state index in [9.17, 15) is 4.79 Å². The van der Waals surface area contributed by atoms with Gasteiger partial charge in [-0.15, -0.1) is 0 Å². The normalized spacial score (nSPS) is 23.9. The highest BCUT2D eigenvalue weighted by Crippen LogP contribution is 2.51. The summed E-state index contributed by atoms with van der Waals surface area (Å²) in [5.74, 6) is 1.16. The number of hydrogen-bond acceptors (Lipinski definition) is 5. The van der Waals surface area contributed by atoms with Crippen molar-refractivity contribution in [3.63, 3.8) is 0 Å². The zero-order valence-electron chi connectivity index (χ0n) is 16.2. The smallest absolute Gasteiger partial charge is 0.219 e. The van der Waals surface area contributed by atoms with E-state index < -0.39 is 0 Å². The third-order valence-electron chi connectivity index (χ3n) is 6.81. The number of hydrogen-bond donors (Lipinski definition) is 0. The van der Waals surface area contributed by atoms with E-state index in [1.807, 2.05) is 17.3 Å². The van der Waals surface area contributed by atoms with Crippen molar-refractivity contribution in [2.24, 2.45) is 5.41 Å². The summed E-state index contributed by atoms with van der Waals surface area (Å²) in [6.07, 6.45) is 9.89. The van der Waals surface area contributed by atoms with Gasteiger partial charge in [0.25, 0.3) is 0 Å². The number of likely N-dealkylation sites (tertiary alicyclic amines) is 1. The van der Waals surface area contributed by atoms with Gasteiger partial charge >= 0.3 is 0 Å². The van der Waals surface area contributed by atoms with Gasteiger partial charge in [0.1, 0.15) is 5.82 Å². The molecule has 6 nitrogen and oxygen atoms in total. The van der Waals surface area contributed by atoms with Gasteiger partial charge in [-0.2, -0.15) is 0 Å². The van der Waals surface area contributed by atoms with Crippen molar-refractivity contribution in [1.29, 1.82) is 0 Å². The quantitative estimate of drug-likeness (QED) is 0.828. The zero-order valence-corrected chi connectivity index (χ0v) is 16.2. The Morgan fingerprint density at radius 3 is 2.23 bits per heavy atom. The lowest BCUT2D eigenvalue weighted by Crippen LogP contribution is -2.59. The van der Waals surface area contributed by atoms with Crippen molar-refractivity contribution in [3.8, 4) is 0 Å². The van der Waals surface area contributed by atoms with Crippen LogP contribution in [0.25, 0.3) is 0 Å². The molecule has 0 bridgehead atoms. The van der Waals surface area contributed by atoms with Crippen molar-refractivity contribution in [2.45, 2.75) is 52.0 Å². The van der Waals surface area contributed by atoms with Gasteiger partial charge in [0, 0.05) is 58.7 Å². The topological polar surface area (TPSA) is 52.6 Å². The number of anilines is 1. The Morgan fingerprint density at radius 2 is 1.69 bits per heavy atom. The molecule has 6 heteroatoms. The number of aromatic nitrogens is 2. The maximum atomic E-state index is 11.5. The molecule has 0 atom stereocenters. The maximum absolute atomic E-state index is 11.5. The molecule has 1 aliphatic carbocycles. The number of nitrogens with zero attached hydrogens (tertiary/aromatic N) is 5. The molecule has 0 unspecified atom stereocenters. The number of aryl methyl sites for hydroxylation is 1. The molecule has 1 spiro atoms. The van der Waals surface area contributed by atoms with Gasteiger partial charge in [-0.3, -0.25) is 9.69 Å². The largest absolute Gasteiger partial charge is 0.366 e. The second-order valence-corrected chi connectivity index (χ2v) is 8.30. The molecule has 2 saturated heterocycles. The highest BCUT2D eigenvalue weighted by molar-refractivity contribution is 5.73. The Morgan fingerprint density at radius 1 is 1.08 bits per heavy atom. The first-order valence-corrected chi connectivity index (χ1v) is 10.1. The van der Waals surface area contributed by atoms with E-state index in [1.54, 1.807) is 6.92 Å². The molecule has 142 valence electrons. The fraction of sp³-hybridized carbons (Fsp3) is 0.750. The van der Waals surface area contributed by atoms with Crippen LogP contribution in [0.4, 0.5) is 5.69 Å². The lowest BCUT2D eigenvalue weighted by Gasteiger charge is -2.56. The number of carbonyl (C=O) groups excluding carboxylic acids is 1. The molecule has 1 amide bonds. The predicted molar refractivity (Wildman–Crippen MR) is 102 cm³/mol. The Labute approximate surface area is 156 Å². The van der Waals surface area contributed by atoms with E-state index in [0.29, 0.717) is 5.41 Å². The molecule has 3 aliphatic rings. The summed E-state index contributed by atoms with van der Waals surface area (Å²) in [4.78, 5) is 27.5. The monoisotopic (exact) mass is 357 g/mol. The van der Waals surface area contributed by atoms with E-state index >= 15 is 0 Å². The number of rotatable bonds is 3. The second kappa shape index (κ2) is 7.14. The van der Waals surface area contributed by atoms with Gasteiger partial charge in [-0.1, -0.05) is 6.92 Å². The van der Waals surface area contributed by atoms with Crippen molar-refractivity contribution in [2.75, 3.05) is 44.2 Å². The highest BCUT2D eigenvalue weighted by atomic mass is 16.2. The van der Waals surface area contributed by atoms with Gasteiger partial charge in [-0.25, -0.2) is 9.97 Å². The summed E-state index contributed by atoms with van der Waals surface area (Å²) in [6, 6.07) is 0.750. The molecule has 0 aromatic carbocycles. The summed E-state index contributed by atoms with van der Waals surface area (Å²) >= 11 is 0. The Balaban J connectivity index is 1.24. The van der Waals surface area contributed by atoms with Crippen LogP contribution < -0.4 is 4.90 Å². The molecule has 1 aromatic heterocycles. The summed E-state index contributed by atoms with van der Waals surface area (Å²) in [7, 11) is 0. The summed E-state index contributed by atoms with van der Waals surface area (Å²) in [5.41, 5.74) is 1.68. The van der Waals surface area contributed by atoms with Crippen LogP contribution in [0.3, 0.4) is 0 Å². The molecule has 0 radical (unpaired) electrons. The first-order valence-electron chi connectivity index (χ1n) is 10.1. The van der Waals surface area contributed by atoms with E-state index in [4.69, 9.17) is 0 Å². The van der Waals surface area contributed by atoms with Crippen LogP contribution in [0, 0.1) is 5.41 Å². The fourth-order valence-electron chi connectivity index (χ4n) is 4.94. The molecule has 3 fully saturated rings. The average molecular weight is 358 g/mol.